The van der Waals surface area contributed by atoms with Gasteiger partial charge in [-0.05, 0) is 49.7 Å². The Morgan fingerprint density at radius 3 is 2.46 bits per heavy atom. The van der Waals surface area contributed by atoms with Gasteiger partial charge in [0.15, 0.2) is 0 Å². The van der Waals surface area contributed by atoms with Crippen LogP contribution in [0.1, 0.15) is 34.0 Å². The van der Waals surface area contributed by atoms with Crippen molar-refractivity contribution >= 4 is 17.7 Å². The Bertz CT molecular complexity index is 908. The molecule has 0 atom stereocenters. The molecule has 0 heterocycles. The Hall–Kier alpha value is -2.72. The summed E-state index contributed by atoms with van der Waals surface area (Å²) in [5.41, 5.74) is 4.01. The second kappa shape index (κ2) is 10.00. The number of hydrogen-bond donors (Lipinski definition) is 1. The molecule has 0 aliphatic heterocycles. The van der Waals surface area contributed by atoms with Gasteiger partial charge in [0, 0.05) is 28.3 Å². The standard InChI is InChI=1S/C24H25NO2S/c1-3-27-23-14-11-20(24(26)25-16-19-7-5-4-6-8-19)15-21(23)17-28-22-12-9-18(2)10-13-22/h4-15H,3,16-17H2,1-2H3,(H,25,26). The van der Waals surface area contributed by atoms with Gasteiger partial charge in [-0.25, -0.2) is 0 Å². The second-order valence-corrected chi connectivity index (χ2v) is 7.57. The maximum atomic E-state index is 12.6. The summed E-state index contributed by atoms with van der Waals surface area (Å²) in [5, 5.41) is 2.99. The molecule has 3 rings (SSSR count). The maximum Gasteiger partial charge on any atom is 0.251 e. The number of ether oxygens (including phenoxy) is 1. The summed E-state index contributed by atoms with van der Waals surface area (Å²) in [5.74, 6) is 1.51. The van der Waals surface area contributed by atoms with Crippen LogP contribution < -0.4 is 10.1 Å². The zero-order valence-electron chi connectivity index (χ0n) is 16.3. The van der Waals surface area contributed by atoms with Gasteiger partial charge in [0.05, 0.1) is 6.61 Å². The summed E-state index contributed by atoms with van der Waals surface area (Å²) in [6, 6.07) is 24.0. The van der Waals surface area contributed by atoms with Crippen molar-refractivity contribution in [2.24, 2.45) is 0 Å². The highest BCUT2D eigenvalue weighted by molar-refractivity contribution is 7.98. The van der Waals surface area contributed by atoms with Crippen molar-refractivity contribution in [2.45, 2.75) is 31.0 Å². The van der Waals surface area contributed by atoms with Gasteiger partial charge in [0.1, 0.15) is 5.75 Å². The number of carbonyl (C=O) groups is 1. The quantitative estimate of drug-likeness (QED) is 0.507. The minimum atomic E-state index is -0.0755. The van der Waals surface area contributed by atoms with E-state index in [9.17, 15) is 4.79 Å². The first-order valence-electron chi connectivity index (χ1n) is 9.43. The molecule has 4 heteroatoms. The van der Waals surface area contributed by atoms with Crippen molar-refractivity contribution in [3.63, 3.8) is 0 Å². The van der Waals surface area contributed by atoms with Gasteiger partial charge in [-0.2, -0.15) is 0 Å². The first kappa shape index (κ1) is 20.0. The molecule has 1 amide bonds. The molecule has 0 spiro atoms. The number of nitrogens with one attached hydrogen (secondary N) is 1. The molecule has 0 aromatic heterocycles. The van der Waals surface area contributed by atoms with Crippen LogP contribution in [0.3, 0.4) is 0 Å². The van der Waals surface area contributed by atoms with Crippen molar-refractivity contribution in [3.05, 3.63) is 95.1 Å². The number of thioether (sulfide) groups is 1. The highest BCUT2D eigenvalue weighted by Crippen LogP contribution is 2.29. The first-order valence-corrected chi connectivity index (χ1v) is 10.4. The molecule has 28 heavy (non-hydrogen) atoms. The van der Waals surface area contributed by atoms with Crippen LogP contribution in [0.25, 0.3) is 0 Å². The van der Waals surface area contributed by atoms with E-state index in [4.69, 9.17) is 4.74 Å². The van der Waals surface area contributed by atoms with Crippen molar-refractivity contribution in [1.29, 1.82) is 0 Å². The van der Waals surface area contributed by atoms with Gasteiger partial charge < -0.3 is 10.1 Å². The van der Waals surface area contributed by atoms with Gasteiger partial charge in [-0.15, -0.1) is 11.8 Å². The predicted octanol–water partition coefficient (Wildman–Crippen LogP) is 5.62. The van der Waals surface area contributed by atoms with E-state index in [0.717, 1.165) is 22.6 Å². The summed E-state index contributed by atoms with van der Waals surface area (Å²) in [6.45, 7) is 5.17. The summed E-state index contributed by atoms with van der Waals surface area (Å²) in [7, 11) is 0. The molecular formula is C24H25NO2S. The van der Waals surface area contributed by atoms with Gasteiger partial charge in [-0.1, -0.05) is 48.0 Å². The minimum absolute atomic E-state index is 0.0755. The van der Waals surface area contributed by atoms with E-state index in [1.807, 2.05) is 55.5 Å². The molecule has 3 aromatic rings. The predicted molar refractivity (Wildman–Crippen MR) is 116 cm³/mol. The van der Waals surface area contributed by atoms with Crippen LogP contribution in [0.15, 0.2) is 77.7 Å². The van der Waals surface area contributed by atoms with Gasteiger partial charge in [-0.3, -0.25) is 4.79 Å². The third-order valence-corrected chi connectivity index (χ3v) is 5.39. The number of rotatable bonds is 8. The molecule has 3 aromatic carbocycles. The van der Waals surface area contributed by atoms with Crippen LogP contribution in [0.5, 0.6) is 5.75 Å². The van der Waals surface area contributed by atoms with E-state index < -0.39 is 0 Å². The van der Waals surface area contributed by atoms with Crippen LogP contribution >= 0.6 is 11.8 Å². The molecule has 0 radical (unpaired) electrons. The average Bonchev–Trinajstić information content (AvgIpc) is 2.73. The maximum absolute atomic E-state index is 12.6. The highest BCUT2D eigenvalue weighted by atomic mass is 32.2. The first-order chi connectivity index (χ1) is 13.7. The van der Waals surface area contributed by atoms with Gasteiger partial charge >= 0.3 is 0 Å². The Morgan fingerprint density at radius 2 is 1.75 bits per heavy atom. The fourth-order valence-corrected chi connectivity index (χ4v) is 3.68. The van der Waals surface area contributed by atoms with Gasteiger partial charge in [0.2, 0.25) is 0 Å². The van der Waals surface area contributed by atoms with E-state index in [-0.39, 0.29) is 5.91 Å². The molecular weight excluding hydrogens is 366 g/mol. The number of aryl methyl sites for hydroxylation is 1. The van der Waals surface area contributed by atoms with Crippen LogP contribution in [-0.4, -0.2) is 12.5 Å². The second-order valence-electron chi connectivity index (χ2n) is 6.53. The normalized spacial score (nSPS) is 10.5. The minimum Gasteiger partial charge on any atom is -0.494 e. The molecule has 144 valence electrons. The van der Waals surface area contributed by atoms with Gasteiger partial charge in [0.25, 0.3) is 5.91 Å². The third kappa shape index (κ3) is 5.64. The smallest absolute Gasteiger partial charge is 0.251 e. The Kier molecular flexibility index (Phi) is 7.15. The number of hydrogen-bond acceptors (Lipinski definition) is 3. The van der Waals surface area contributed by atoms with Crippen LogP contribution in [0.2, 0.25) is 0 Å². The Labute approximate surface area is 171 Å². The molecule has 0 aliphatic carbocycles. The van der Waals surface area contributed by atoms with Crippen molar-refractivity contribution in [3.8, 4) is 5.75 Å². The number of carbonyl (C=O) groups excluding carboxylic acids is 1. The van der Waals surface area contributed by atoms with Crippen LogP contribution in [-0.2, 0) is 12.3 Å². The molecule has 0 saturated carbocycles. The third-order valence-electron chi connectivity index (χ3n) is 4.33. The van der Waals surface area contributed by atoms with E-state index in [1.165, 1.54) is 10.5 Å². The summed E-state index contributed by atoms with van der Waals surface area (Å²) in [6.07, 6.45) is 0. The van der Waals surface area contributed by atoms with Crippen LogP contribution in [0.4, 0.5) is 0 Å². The average molecular weight is 392 g/mol. The molecule has 0 unspecified atom stereocenters. The zero-order valence-corrected chi connectivity index (χ0v) is 17.1. The zero-order chi connectivity index (χ0) is 19.8. The lowest BCUT2D eigenvalue weighted by Gasteiger charge is -2.13. The number of amides is 1. The lowest BCUT2D eigenvalue weighted by molar-refractivity contribution is 0.0951. The Morgan fingerprint density at radius 1 is 1.00 bits per heavy atom. The molecule has 0 fully saturated rings. The van der Waals surface area contributed by atoms with E-state index >= 15 is 0 Å². The van der Waals surface area contributed by atoms with Crippen molar-refractivity contribution in [1.82, 2.24) is 5.32 Å². The fraction of sp³-hybridized carbons (Fsp3) is 0.208. The monoisotopic (exact) mass is 391 g/mol. The lowest BCUT2D eigenvalue weighted by atomic mass is 10.1. The van der Waals surface area contributed by atoms with Crippen LogP contribution in [0, 0.1) is 6.92 Å². The highest BCUT2D eigenvalue weighted by Gasteiger charge is 2.11. The fourth-order valence-electron chi connectivity index (χ4n) is 2.81. The number of benzene rings is 3. The summed E-state index contributed by atoms with van der Waals surface area (Å²) in [4.78, 5) is 13.8. The lowest BCUT2D eigenvalue weighted by Crippen LogP contribution is -2.22. The summed E-state index contributed by atoms with van der Waals surface area (Å²) < 4.78 is 5.76. The molecule has 0 bridgehead atoms. The molecule has 0 saturated heterocycles. The van der Waals surface area contributed by atoms with Crippen molar-refractivity contribution < 1.29 is 9.53 Å². The van der Waals surface area contributed by atoms with Crippen molar-refractivity contribution in [2.75, 3.05) is 6.61 Å². The van der Waals surface area contributed by atoms with E-state index in [1.54, 1.807) is 11.8 Å². The van der Waals surface area contributed by atoms with E-state index in [2.05, 4.69) is 36.5 Å². The largest absolute Gasteiger partial charge is 0.494 e. The topological polar surface area (TPSA) is 38.3 Å². The SMILES string of the molecule is CCOc1ccc(C(=O)NCc2ccccc2)cc1CSc1ccc(C)cc1. The molecule has 0 aliphatic rings. The van der Waals surface area contributed by atoms with E-state index in [0.29, 0.717) is 18.7 Å². The Balaban J connectivity index is 1.70. The molecule has 3 nitrogen and oxygen atoms in total. The molecule has 1 N–H and O–H groups in total. The summed E-state index contributed by atoms with van der Waals surface area (Å²) >= 11 is 1.74.